The number of para-hydroxylation sites is 2. The lowest BCUT2D eigenvalue weighted by Crippen LogP contribution is -2.00. The van der Waals surface area contributed by atoms with Crippen LogP contribution < -0.4 is 0 Å². The van der Waals surface area contributed by atoms with E-state index in [2.05, 4.69) is 94.5 Å². The molecule has 10 aromatic rings. The first kappa shape index (κ1) is 28.1. The molecular formula is C44H27N5O. The molecule has 0 fully saturated rings. The van der Waals surface area contributed by atoms with Crippen molar-refractivity contribution >= 4 is 43.7 Å². The van der Waals surface area contributed by atoms with Gasteiger partial charge in [-0.1, -0.05) is 115 Å². The molecule has 4 aromatic heterocycles. The summed E-state index contributed by atoms with van der Waals surface area (Å²) in [5, 5.41) is 4.40. The third kappa shape index (κ3) is 4.58. The molecule has 6 aromatic carbocycles. The molecule has 0 radical (unpaired) electrons. The molecule has 0 aliphatic heterocycles. The number of hydrogen-bond acceptors (Lipinski definition) is 5. The number of benzene rings is 6. The zero-order valence-electron chi connectivity index (χ0n) is 26.7. The number of furan rings is 1. The van der Waals surface area contributed by atoms with E-state index in [1.807, 2.05) is 72.9 Å². The Kier molecular flexibility index (Phi) is 6.39. The minimum Gasteiger partial charge on any atom is -0.454 e. The molecule has 0 unspecified atom stereocenters. The van der Waals surface area contributed by atoms with Crippen molar-refractivity contribution in [3.8, 4) is 51.0 Å². The molecule has 0 atom stereocenters. The quantitative estimate of drug-likeness (QED) is 0.187. The molecule has 0 aliphatic carbocycles. The first-order chi connectivity index (χ1) is 24.8. The number of hydrogen-bond donors (Lipinski definition) is 0. The lowest BCUT2D eigenvalue weighted by Gasteiger charge is -2.10. The smallest absolute Gasteiger partial charge is 0.166 e. The first-order valence-electron chi connectivity index (χ1n) is 16.5. The minimum absolute atomic E-state index is 0.541. The second-order valence-corrected chi connectivity index (χ2v) is 12.3. The molecule has 0 aliphatic rings. The van der Waals surface area contributed by atoms with Gasteiger partial charge in [0.15, 0.2) is 23.1 Å². The molecule has 234 valence electrons. The summed E-state index contributed by atoms with van der Waals surface area (Å²) in [6, 6.07) is 52.3. The maximum absolute atomic E-state index is 6.35. The molecule has 0 amide bonds. The van der Waals surface area contributed by atoms with Crippen molar-refractivity contribution in [1.82, 2.24) is 24.5 Å². The molecule has 50 heavy (non-hydrogen) atoms. The Balaban J connectivity index is 1.11. The van der Waals surface area contributed by atoms with Crippen molar-refractivity contribution in [2.75, 3.05) is 0 Å². The van der Waals surface area contributed by atoms with E-state index in [1.165, 1.54) is 21.8 Å². The predicted molar refractivity (Wildman–Crippen MR) is 201 cm³/mol. The van der Waals surface area contributed by atoms with Gasteiger partial charge in [0.2, 0.25) is 0 Å². The fourth-order valence-corrected chi connectivity index (χ4v) is 7.01. The van der Waals surface area contributed by atoms with Gasteiger partial charge in [-0.3, -0.25) is 4.98 Å². The van der Waals surface area contributed by atoms with Gasteiger partial charge in [0, 0.05) is 50.1 Å². The van der Waals surface area contributed by atoms with E-state index in [9.17, 15) is 0 Å². The largest absolute Gasteiger partial charge is 0.454 e. The van der Waals surface area contributed by atoms with E-state index in [4.69, 9.17) is 19.4 Å². The third-order valence-electron chi connectivity index (χ3n) is 9.36. The van der Waals surface area contributed by atoms with E-state index >= 15 is 0 Å². The summed E-state index contributed by atoms with van der Waals surface area (Å²) in [6.45, 7) is 0. The van der Waals surface area contributed by atoms with Crippen molar-refractivity contribution in [2.24, 2.45) is 0 Å². The molecule has 6 nitrogen and oxygen atoms in total. The summed E-state index contributed by atoms with van der Waals surface area (Å²) in [7, 11) is 0. The van der Waals surface area contributed by atoms with Crippen molar-refractivity contribution in [2.45, 2.75) is 0 Å². The van der Waals surface area contributed by atoms with Crippen molar-refractivity contribution in [3.05, 3.63) is 164 Å². The van der Waals surface area contributed by atoms with Gasteiger partial charge in [-0.15, -0.1) is 0 Å². The second kappa shape index (κ2) is 11.4. The van der Waals surface area contributed by atoms with Crippen molar-refractivity contribution in [1.29, 1.82) is 0 Å². The molecule has 0 saturated heterocycles. The van der Waals surface area contributed by atoms with Crippen molar-refractivity contribution < 1.29 is 4.42 Å². The van der Waals surface area contributed by atoms with E-state index in [0.29, 0.717) is 23.1 Å². The van der Waals surface area contributed by atoms with Gasteiger partial charge in [-0.25, -0.2) is 15.0 Å². The maximum atomic E-state index is 6.35. The normalized spacial score (nSPS) is 11.6. The summed E-state index contributed by atoms with van der Waals surface area (Å²) in [5.41, 5.74) is 9.77. The number of fused-ring (bicyclic) bond motifs is 6. The SMILES string of the molecule is c1ccc(-c2nc(-c3ccccc3)nc(-c3cncc4oc5ccc(-c6ccc(-n7c8ccccc8c8ccccc87)cc6)cc5c34)n2)cc1. The fourth-order valence-electron chi connectivity index (χ4n) is 7.01. The predicted octanol–water partition coefficient (Wildman–Crippen LogP) is 10.9. The molecular weight excluding hydrogens is 615 g/mol. The van der Waals surface area contributed by atoms with Crippen LogP contribution in [-0.2, 0) is 0 Å². The van der Waals surface area contributed by atoms with Crippen LogP contribution in [0.1, 0.15) is 0 Å². The minimum atomic E-state index is 0.541. The maximum Gasteiger partial charge on any atom is 0.166 e. The van der Waals surface area contributed by atoms with Crippen LogP contribution >= 0.6 is 0 Å². The summed E-state index contributed by atoms with van der Waals surface area (Å²) in [4.78, 5) is 19.4. The van der Waals surface area contributed by atoms with Gasteiger partial charge < -0.3 is 8.98 Å². The van der Waals surface area contributed by atoms with Crippen LogP contribution in [0, 0.1) is 0 Å². The van der Waals surface area contributed by atoms with Crippen molar-refractivity contribution in [3.63, 3.8) is 0 Å². The average Bonchev–Trinajstić information content (AvgIpc) is 3.74. The lowest BCUT2D eigenvalue weighted by atomic mass is 10.0. The van der Waals surface area contributed by atoms with Gasteiger partial charge >= 0.3 is 0 Å². The van der Waals surface area contributed by atoms with Gasteiger partial charge in [0.1, 0.15) is 5.58 Å². The van der Waals surface area contributed by atoms with Crippen LogP contribution in [0.2, 0.25) is 0 Å². The highest BCUT2D eigenvalue weighted by Crippen LogP contribution is 2.38. The third-order valence-corrected chi connectivity index (χ3v) is 9.36. The summed E-state index contributed by atoms with van der Waals surface area (Å²) >= 11 is 0. The zero-order chi connectivity index (χ0) is 33.0. The molecule has 0 spiro atoms. The topological polar surface area (TPSA) is 69.6 Å². The Hall–Kier alpha value is -6.92. The number of pyridine rings is 1. The van der Waals surface area contributed by atoms with Crippen LogP contribution in [0.3, 0.4) is 0 Å². The highest BCUT2D eigenvalue weighted by atomic mass is 16.3. The Morgan fingerprint density at radius 2 is 0.980 bits per heavy atom. The molecule has 6 heteroatoms. The highest BCUT2D eigenvalue weighted by molar-refractivity contribution is 6.12. The summed E-state index contributed by atoms with van der Waals surface area (Å²) in [5.74, 6) is 1.74. The Labute approximate surface area is 287 Å². The Morgan fingerprint density at radius 1 is 0.420 bits per heavy atom. The number of nitrogens with zero attached hydrogens (tertiary/aromatic N) is 5. The first-order valence-corrected chi connectivity index (χ1v) is 16.5. The number of rotatable bonds is 5. The van der Waals surface area contributed by atoms with Crippen LogP contribution in [0.15, 0.2) is 168 Å². The van der Waals surface area contributed by atoms with Crippen LogP contribution in [0.4, 0.5) is 0 Å². The zero-order valence-corrected chi connectivity index (χ0v) is 26.7. The van der Waals surface area contributed by atoms with E-state index in [1.54, 1.807) is 6.20 Å². The van der Waals surface area contributed by atoms with E-state index in [-0.39, 0.29) is 0 Å². The fraction of sp³-hybridized carbons (Fsp3) is 0. The second-order valence-electron chi connectivity index (χ2n) is 12.3. The Morgan fingerprint density at radius 3 is 1.62 bits per heavy atom. The van der Waals surface area contributed by atoms with E-state index in [0.717, 1.165) is 49.9 Å². The average molecular weight is 642 g/mol. The lowest BCUT2D eigenvalue weighted by molar-refractivity contribution is 0.667. The van der Waals surface area contributed by atoms with Gasteiger partial charge in [-0.2, -0.15) is 0 Å². The van der Waals surface area contributed by atoms with Crippen LogP contribution in [-0.4, -0.2) is 24.5 Å². The molecule has 4 heterocycles. The standard InChI is InChI=1S/C44H27N5O/c1-3-11-29(12-4-1)42-46-43(30-13-5-2-6-14-30)48-44(47-42)36-26-45-27-40-41(36)35-25-31(21-24-39(35)50-40)28-19-22-32(23-20-28)49-37-17-9-7-15-33(37)34-16-8-10-18-38(34)49/h1-27H. The highest BCUT2D eigenvalue weighted by Gasteiger charge is 2.19. The molecule has 10 rings (SSSR count). The monoisotopic (exact) mass is 641 g/mol. The van der Waals surface area contributed by atoms with Crippen LogP contribution in [0.5, 0.6) is 0 Å². The molecule has 0 saturated carbocycles. The Bertz CT molecular complexity index is 2750. The van der Waals surface area contributed by atoms with Crippen LogP contribution in [0.25, 0.3) is 94.7 Å². The molecule has 0 N–H and O–H groups in total. The molecule has 0 bridgehead atoms. The van der Waals surface area contributed by atoms with Gasteiger partial charge in [-0.05, 0) is 47.5 Å². The van der Waals surface area contributed by atoms with Gasteiger partial charge in [0.25, 0.3) is 0 Å². The van der Waals surface area contributed by atoms with Gasteiger partial charge in [0.05, 0.1) is 17.2 Å². The van der Waals surface area contributed by atoms with E-state index < -0.39 is 0 Å². The summed E-state index contributed by atoms with van der Waals surface area (Å²) in [6.07, 6.45) is 3.58. The summed E-state index contributed by atoms with van der Waals surface area (Å²) < 4.78 is 8.68. The number of aromatic nitrogens is 5.